The molecule has 0 fully saturated rings. The topological polar surface area (TPSA) is 82.6 Å². The third-order valence-corrected chi connectivity index (χ3v) is 3.27. The highest BCUT2D eigenvalue weighted by Crippen LogP contribution is 2.14. The number of esters is 1. The van der Waals surface area contributed by atoms with Crippen molar-refractivity contribution < 1.29 is 19.0 Å². The van der Waals surface area contributed by atoms with Gasteiger partial charge in [0.25, 0.3) is 0 Å². The van der Waals surface area contributed by atoms with E-state index in [1.807, 2.05) is 27.7 Å². The zero-order chi connectivity index (χ0) is 20.3. The fraction of sp³-hybridized carbons (Fsp3) is 0.632. The molecule has 1 atom stereocenters. The summed E-state index contributed by atoms with van der Waals surface area (Å²) in [5.74, 6) is 6.28. The van der Waals surface area contributed by atoms with E-state index in [2.05, 4.69) is 27.1 Å². The highest BCUT2D eigenvalue weighted by molar-refractivity contribution is 6.28. The van der Waals surface area contributed by atoms with E-state index in [-0.39, 0.29) is 17.4 Å². The molecule has 0 aliphatic heterocycles. The Hall–Kier alpha value is -1.88. The van der Waals surface area contributed by atoms with E-state index in [9.17, 15) is 4.79 Å². The molecule has 0 aromatic carbocycles. The minimum Gasteiger partial charge on any atom is -0.460 e. The Balaban J connectivity index is 2.68. The van der Waals surface area contributed by atoms with Gasteiger partial charge in [-0.2, -0.15) is 4.98 Å². The predicted molar refractivity (Wildman–Crippen MR) is 105 cm³/mol. The minimum absolute atomic E-state index is 0.119. The number of carbonyl (C=O) groups is 1. The number of rotatable bonds is 9. The van der Waals surface area contributed by atoms with Gasteiger partial charge in [0.05, 0.1) is 12.2 Å². The summed E-state index contributed by atoms with van der Waals surface area (Å²) in [5.41, 5.74) is 0.115. The number of nitrogens with one attached hydrogen (secondary N) is 1. The first kappa shape index (κ1) is 23.2. The van der Waals surface area contributed by atoms with Crippen molar-refractivity contribution in [1.29, 1.82) is 0 Å². The maximum atomic E-state index is 11.7. The Morgan fingerprint density at radius 1 is 1.41 bits per heavy atom. The monoisotopic (exact) mass is 397 g/mol. The van der Waals surface area contributed by atoms with E-state index in [1.165, 1.54) is 0 Å². The zero-order valence-corrected chi connectivity index (χ0v) is 17.4. The molecule has 1 aromatic heterocycles. The van der Waals surface area contributed by atoms with Gasteiger partial charge in [0.15, 0.2) is 0 Å². The first-order valence-corrected chi connectivity index (χ1v) is 9.23. The normalized spacial score (nSPS) is 12.1. The Bertz CT molecular complexity index is 659. The van der Waals surface area contributed by atoms with Crippen LogP contribution < -0.4 is 5.32 Å². The van der Waals surface area contributed by atoms with Crippen molar-refractivity contribution in [3.05, 3.63) is 17.0 Å². The van der Waals surface area contributed by atoms with E-state index in [0.29, 0.717) is 44.0 Å². The van der Waals surface area contributed by atoms with Crippen LogP contribution in [0.5, 0.6) is 0 Å². The second-order valence-electron chi connectivity index (χ2n) is 6.69. The number of methoxy groups -OCH3 is 1. The molecule has 1 rings (SSSR count). The Morgan fingerprint density at radius 2 is 2.15 bits per heavy atom. The average molecular weight is 398 g/mol. The van der Waals surface area contributed by atoms with Crippen molar-refractivity contribution in [3.63, 3.8) is 0 Å². The molecular weight excluding hydrogens is 370 g/mol. The van der Waals surface area contributed by atoms with E-state index in [1.54, 1.807) is 13.3 Å². The molecule has 0 aliphatic carbocycles. The molecule has 27 heavy (non-hydrogen) atoms. The molecule has 7 nitrogen and oxygen atoms in total. The van der Waals surface area contributed by atoms with Crippen LogP contribution in [0.1, 0.15) is 46.1 Å². The number of anilines is 1. The molecule has 0 saturated carbocycles. The Kier molecular flexibility index (Phi) is 10.1. The van der Waals surface area contributed by atoms with Gasteiger partial charge >= 0.3 is 5.97 Å². The lowest BCUT2D eigenvalue weighted by Crippen LogP contribution is -2.24. The van der Waals surface area contributed by atoms with Crippen LogP contribution in [0.2, 0.25) is 5.28 Å². The largest absolute Gasteiger partial charge is 0.460 e. The van der Waals surface area contributed by atoms with Crippen molar-refractivity contribution in [3.8, 4) is 11.8 Å². The van der Waals surface area contributed by atoms with Crippen molar-refractivity contribution >= 4 is 23.4 Å². The van der Waals surface area contributed by atoms with Crippen LogP contribution in [0.25, 0.3) is 0 Å². The number of ether oxygens (including phenoxy) is 3. The van der Waals surface area contributed by atoms with E-state index in [0.717, 1.165) is 0 Å². The molecule has 150 valence electrons. The SMILES string of the molecule is CCOC(C#Cc1cnc(Cl)nc1NCCCC(=O)OC(C)(C)C)COC. The summed E-state index contributed by atoms with van der Waals surface area (Å²) in [6.45, 7) is 8.85. The maximum Gasteiger partial charge on any atom is 0.306 e. The van der Waals surface area contributed by atoms with Gasteiger partial charge in [0, 0.05) is 32.9 Å². The van der Waals surface area contributed by atoms with Crippen LogP contribution in [0, 0.1) is 11.8 Å². The molecule has 0 aliphatic rings. The lowest BCUT2D eigenvalue weighted by Gasteiger charge is -2.19. The number of hydrogen-bond donors (Lipinski definition) is 1. The first-order chi connectivity index (χ1) is 12.7. The number of halogens is 1. The summed E-state index contributed by atoms with van der Waals surface area (Å²) >= 11 is 5.89. The zero-order valence-electron chi connectivity index (χ0n) is 16.6. The van der Waals surface area contributed by atoms with Gasteiger partial charge in [0.1, 0.15) is 17.5 Å². The second-order valence-corrected chi connectivity index (χ2v) is 7.02. The van der Waals surface area contributed by atoms with Gasteiger partial charge in [-0.25, -0.2) is 4.98 Å². The molecule has 8 heteroatoms. The third-order valence-electron chi connectivity index (χ3n) is 3.08. The predicted octanol–water partition coefficient (Wildman–Crippen LogP) is 3.07. The van der Waals surface area contributed by atoms with Crippen molar-refractivity contribution in [2.45, 2.75) is 52.2 Å². The first-order valence-electron chi connectivity index (χ1n) is 8.85. The van der Waals surface area contributed by atoms with Gasteiger partial charge in [-0.15, -0.1) is 0 Å². The van der Waals surface area contributed by atoms with Gasteiger partial charge in [-0.05, 0) is 45.7 Å². The summed E-state index contributed by atoms with van der Waals surface area (Å²) in [5, 5.41) is 3.26. The summed E-state index contributed by atoms with van der Waals surface area (Å²) in [6.07, 6.45) is 2.11. The number of aromatic nitrogens is 2. The fourth-order valence-corrected chi connectivity index (χ4v) is 2.19. The lowest BCUT2D eigenvalue weighted by molar-refractivity contribution is -0.154. The van der Waals surface area contributed by atoms with Crippen LogP contribution in [-0.4, -0.2) is 54.5 Å². The van der Waals surface area contributed by atoms with Crippen LogP contribution in [-0.2, 0) is 19.0 Å². The lowest BCUT2D eigenvalue weighted by atomic mass is 10.2. The van der Waals surface area contributed by atoms with Crippen LogP contribution in [0.4, 0.5) is 5.82 Å². The van der Waals surface area contributed by atoms with Gasteiger partial charge in [-0.1, -0.05) is 11.8 Å². The fourth-order valence-electron chi connectivity index (χ4n) is 2.06. The molecule has 0 bridgehead atoms. The minimum atomic E-state index is -0.479. The quantitative estimate of drug-likeness (QED) is 0.297. The summed E-state index contributed by atoms with van der Waals surface area (Å²) in [6, 6.07) is 0. The molecule has 0 amide bonds. The molecule has 1 unspecified atom stereocenters. The number of nitrogens with zero attached hydrogens (tertiary/aromatic N) is 2. The van der Waals surface area contributed by atoms with Crippen molar-refractivity contribution in [2.24, 2.45) is 0 Å². The van der Waals surface area contributed by atoms with Crippen molar-refractivity contribution in [1.82, 2.24) is 9.97 Å². The smallest absolute Gasteiger partial charge is 0.306 e. The van der Waals surface area contributed by atoms with Gasteiger partial charge < -0.3 is 19.5 Å². The molecule has 0 saturated heterocycles. The standard InChI is InChI=1S/C19H28ClN3O4/c1-6-26-15(13-25-5)10-9-14-12-22-18(20)23-17(14)21-11-7-8-16(24)27-19(2,3)4/h12,15H,6-8,11,13H2,1-5H3,(H,21,22,23). The second kappa shape index (κ2) is 11.8. The molecule has 1 heterocycles. The number of carbonyl (C=O) groups excluding carboxylic acids is 1. The van der Waals surface area contributed by atoms with E-state index >= 15 is 0 Å². The molecule has 0 spiro atoms. The van der Waals surface area contributed by atoms with Gasteiger partial charge in [-0.3, -0.25) is 4.79 Å². The Morgan fingerprint density at radius 3 is 2.78 bits per heavy atom. The van der Waals surface area contributed by atoms with Crippen LogP contribution in [0.15, 0.2) is 6.20 Å². The van der Waals surface area contributed by atoms with E-state index < -0.39 is 5.60 Å². The molecule has 1 aromatic rings. The van der Waals surface area contributed by atoms with Crippen LogP contribution in [0.3, 0.4) is 0 Å². The van der Waals surface area contributed by atoms with Gasteiger partial charge in [0.2, 0.25) is 5.28 Å². The maximum absolute atomic E-state index is 11.7. The number of hydrogen-bond acceptors (Lipinski definition) is 7. The summed E-state index contributed by atoms with van der Waals surface area (Å²) < 4.78 is 15.9. The third kappa shape index (κ3) is 10.1. The average Bonchev–Trinajstić information content (AvgIpc) is 2.56. The molecule has 0 radical (unpaired) electrons. The molecular formula is C19H28ClN3O4. The summed E-state index contributed by atoms with van der Waals surface area (Å²) in [7, 11) is 1.59. The Labute approximate surface area is 166 Å². The summed E-state index contributed by atoms with van der Waals surface area (Å²) in [4.78, 5) is 19.9. The van der Waals surface area contributed by atoms with E-state index in [4.69, 9.17) is 25.8 Å². The van der Waals surface area contributed by atoms with Crippen molar-refractivity contribution in [2.75, 3.05) is 32.2 Å². The highest BCUT2D eigenvalue weighted by Gasteiger charge is 2.15. The van der Waals surface area contributed by atoms with Crippen LogP contribution >= 0.6 is 11.6 Å². The highest BCUT2D eigenvalue weighted by atomic mass is 35.5. The molecule has 1 N–H and O–H groups in total.